The fraction of sp³-hybridized carbons (Fsp3) is 0.571. The minimum Gasteiger partial charge on any atom is -0.387 e. The summed E-state index contributed by atoms with van der Waals surface area (Å²) in [6, 6.07) is 10.6. The molecule has 79 heavy (non-hydrogen) atoms. The lowest BCUT2D eigenvalue weighted by Gasteiger charge is -2.41. The summed E-state index contributed by atoms with van der Waals surface area (Å²) < 4.78 is 48.0. The molecular weight excluding hydrogens is 1030 g/mol. The Morgan fingerprint density at radius 2 is 1.43 bits per heavy atom. The highest BCUT2D eigenvalue weighted by Crippen LogP contribution is 2.41. The van der Waals surface area contributed by atoms with Crippen LogP contribution in [0.15, 0.2) is 60.8 Å². The number of nitrogens with one attached hydrogen (secondary N) is 5. The average molecular weight is 1110 g/mol. The number of ether oxygens (including phenoxy) is 3. The number of likely N-dealkylation sites (N-methyl/N-ethyl adjacent to an activating group) is 1. The second-order valence-electron chi connectivity index (χ2n) is 20.2. The smallest absolute Gasteiger partial charge is 0.248 e. The number of benzene rings is 2. The molecule has 0 radical (unpaired) electrons. The van der Waals surface area contributed by atoms with Gasteiger partial charge in [0.05, 0.1) is 65.2 Å². The van der Waals surface area contributed by atoms with Crippen molar-refractivity contribution in [2.75, 3.05) is 86.0 Å². The maximum atomic E-state index is 15.2. The molecule has 2 aromatic carbocycles. The largest absolute Gasteiger partial charge is 0.387 e. The molecule has 0 aliphatic rings. The second kappa shape index (κ2) is 34.9. The maximum Gasteiger partial charge on any atom is 0.248 e. The molecule has 23 heteroatoms. The summed E-state index contributed by atoms with van der Waals surface area (Å²) in [7, 11) is 1.35. The molecule has 8 N–H and O–H groups in total. The van der Waals surface area contributed by atoms with E-state index in [0.717, 1.165) is 41.5 Å². The van der Waals surface area contributed by atoms with Crippen molar-refractivity contribution in [2.45, 2.75) is 111 Å². The lowest BCUT2D eigenvalue weighted by Crippen LogP contribution is -2.54. The van der Waals surface area contributed by atoms with Crippen LogP contribution in [-0.4, -0.2) is 165 Å². The lowest BCUT2D eigenvalue weighted by molar-refractivity contribution is -0.141. The summed E-state index contributed by atoms with van der Waals surface area (Å²) in [6.45, 7) is 11.2. The summed E-state index contributed by atoms with van der Waals surface area (Å²) in [5, 5.41) is 23.1. The maximum absolute atomic E-state index is 15.2. The number of aromatic nitrogens is 1. The number of nitrogens with two attached hydrogens (primary N) is 1. The van der Waals surface area contributed by atoms with Crippen molar-refractivity contribution in [1.29, 1.82) is 0 Å². The molecule has 0 fully saturated rings. The molecule has 0 saturated heterocycles. The molecular formula is C56H83F2N9O12. The molecule has 21 nitrogen and oxygen atoms in total. The monoisotopic (exact) mass is 1110 g/mol. The summed E-state index contributed by atoms with van der Waals surface area (Å²) in [5.74, 6) is -6.02. The normalized spacial score (nSPS) is 12.8. The van der Waals surface area contributed by atoms with Gasteiger partial charge in [-0.1, -0.05) is 78.3 Å². The van der Waals surface area contributed by atoms with Crippen LogP contribution in [0.25, 0.3) is 11.1 Å². The van der Waals surface area contributed by atoms with Crippen LogP contribution < -0.4 is 32.3 Å². The van der Waals surface area contributed by atoms with E-state index >= 15 is 4.39 Å². The molecule has 0 spiro atoms. The van der Waals surface area contributed by atoms with E-state index < -0.39 is 103 Å². The van der Waals surface area contributed by atoms with Crippen molar-refractivity contribution in [3.05, 3.63) is 83.7 Å². The van der Waals surface area contributed by atoms with Gasteiger partial charge in [-0.25, -0.2) is 8.78 Å². The molecule has 0 aliphatic heterocycles. The van der Waals surface area contributed by atoms with Gasteiger partial charge in [0.2, 0.25) is 47.3 Å². The van der Waals surface area contributed by atoms with Crippen LogP contribution in [0.5, 0.6) is 0 Å². The third kappa shape index (κ3) is 24.0. The standard InChI is InChI=1S/C56H83F2N9O12/c1-8-22-65(55(76)45(32-47(59)69)64-49(71)20-24-77-26-28-79-29-27-78-25-21-61-48(70)18-15-38(3)9-2)36-51(73)62-33-50(72)63-44(54(75)60-7)19-23-67(52(74)37-68)53(56(4,5)6)46-30-40(42-31-41(57)16-17-43(42)58)35-66(46)34-39-13-11-10-12-14-39/h10-14,16-17,30-31,35,38,44-45,53,68H,8-9,15,18-29,32-34,36-37H2,1-7H3,(H2,59,69)(H,60,75)(H,61,70)(H,62,73)(H,63,72)(H,64,71). The Morgan fingerprint density at radius 3 is 2.05 bits per heavy atom. The first kappa shape index (κ1) is 66.5. The van der Waals surface area contributed by atoms with Crippen molar-refractivity contribution in [3.8, 4) is 11.1 Å². The van der Waals surface area contributed by atoms with Crippen molar-refractivity contribution in [1.82, 2.24) is 41.0 Å². The highest BCUT2D eigenvalue weighted by atomic mass is 19.1. The first-order valence-corrected chi connectivity index (χ1v) is 26.9. The molecule has 438 valence electrons. The predicted molar refractivity (Wildman–Crippen MR) is 291 cm³/mol. The molecule has 3 rings (SSSR count). The number of rotatable bonds is 37. The molecule has 0 saturated carbocycles. The predicted octanol–water partition coefficient (Wildman–Crippen LogP) is 3.11. The number of aliphatic hydroxyl groups excluding tert-OH is 1. The summed E-state index contributed by atoms with van der Waals surface area (Å²) in [5.41, 5.74) is 6.38. The van der Waals surface area contributed by atoms with Crippen LogP contribution in [0.2, 0.25) is 0 Å². The number of hydrogen-bond acceptors (Lipinski definition) is 12. The highest BCUT2D eigenvalue weighted by Gasteiger charge is 2.38. The quantitative estimate of drug-likeness (QED) is 0.0411. The average Bonchev–Trinajstić information content (AvgIpc) is 3.92. The second-order valence-corrected chi connectivity index (χ2v) is 20.2. The van der Waals surface area contributed by atoms with Crippen LogP contribution in [-0.2, 0) is 59.1 Å². The number of primary amides is 1. The van der Waals surface area contributed by atoms with Gasteiger partial charge in [0.15, 0.2) is 0 Å². The van der Waals surface area contributed by atoms with Gasteiger partial charge < -0.3 is 66.0 Å². The first-order chi connectivity index (χ1) is 37.6. The van der Waals surface area contributed by atoms with Gasteiger partial charge in [0.1, 0.15) is 30.3 Å². The highest BCUT2D eigenvalue weighted by molar-refractivity contribution is 5.95. The zero-order chi connectivity index (χ0) is 58.5. The molecule has 0 bridgehead atoms. The first-order valence-electron chi connectivity index (χ1n) is 26.9. The molecule has 0 aliphatic carbocycles. The van der Waals surface area contributed by atoms with E-state index in [9.17, 15) is 47.9 Å². The van der Waals surface area contributed by atoms with Gasteiger partial charge in [-0.15, -0.1) is 0 Å². The van der Waals surface area contributed by atoms with E-state index in [1.807, 2.05) is 55.7 Å². The lowest BCUT2D eigenvalue weighted by atomic mass is 9.82. The Bertz CT molecular complexity index is 2440. The van der Waals surface area contributed by atoms with E-state index in [0.29, 0.717) is 56.4 Å². The molecule has 1 aromatic heterocycles. The molecule has 3 aromatic rings. The van der Waals surface area contributed by atoms with Crippen LogP contribution >= 0.6 is 0 Å². The fourth-order valence-corrected chi connectivity index (χ4v) is 8.53. The van der Waals surface area contributed by atoms with Gasteiger partial charge in [-0.2, -0.15) is 0 Å². The Morgan fingerprint density at radius 1 is 0.772 bits per heavy atom. The number of carbonyl (C=O) groups excluding carboxylic acids is 8. The number of halogens is 2. The van der Waals surface area contributed by atoms with Crippen LogP contribution in [0.1, 0.15) is 104 Å². The van der Waals surface area contributed by atoms with E-state index in [1.165, 1.54) is 11.9 Å². The molecule has 8 amide bonds. The zero-order valence-corrected chi connectivity index (χ0v) is 46.8. The molecule has 4 atom stereocenters. The molecule has 4 unspecified atom stereocenters. The topological polar surface area (TPSA) is 282 Å². The van der Waals surface area contributed by atoms with Crippen molar-refractivity contribution in [3.63, 3.8) is 0 Å². The number of carbonyl (C=O) groups is 8. The van der Waals surface area contributed by atoms with Crippen molar-refractivity contribution in [2.24, 2.45) is 17.1 Å². The van der Waals surface area contributed by atoms with Crippen LogP contribution in [0.4, 0.5) is 8.78 Å². The van der Waals surface area contributed by atoms with E-state index in [-0.39, 0.29) is 63.8 Å². The summed E-state index contributed by atoms with van der Waals surface area (Å²) >= 11 is 0. The van der Waals surface area contributed by atoms with E-state index in [2.05, 4.69) is 40.4 Å². The number of amides is 8. The van der Waals surface area contributed by atoms with E-state index in [4.69, 9.17) is 19.9 Å². The Balaban J connectivity index is 1.60. The van der Waals surface area contributed by atoms with Gasteiger partial charge >= 0.3 is 0 Å². The SMILES string of the molecule is CCCN(CC(=O)NCC(=O)NC(CCN(C(=O)CO)C(c1cc(-c2cc(F)ccc2F)cn1Cc1ccccc1)C(C)(C)C)C(=O)NC)C(=O)C(CC(N)=O)NC(=O)CCOCCOCCOCCNC(=O)CCC(C)CC. The Hall–Kier alpha value is -6.82. The number of nitrogens with zero attached hydrogens (tertiary/aromatic N) is 3. The van der Waals surface area contributed by atoms with Gasteiger partial charge in [-0.3, -0.25) is 38.4 Å². The summed E-state index contributed by atoms with van der Waals surface area (Å²) in [4.78, 5) is 107. The van der Waals surface area contributed by atoms with Gasteiger partial charge in [-0.05, 0) is 60.4 Å². The Labute approximate surface area is 462 Å². The van der Waals surface area contributed by atoms with Gasteiger partial charge in [0.25, 0.3) is 0 Å². The van der Waals surface area contributed by atoms with Crippen molar-refractivity contribution < 1.29 is 66.5 Å². The van der Waals surface area contributed by atoms with E-state index in [1.54, 1.807) is 19.2 Å². The zero-order valence-electron chi connectivity index (χ0n) is 46.8. The number of aliphatic hydroxyl groups is 1. The summed E-state index contributed by atoms with van der Waals surface area (Å²) in [6.07, 6.45) is 3.49. The van der Waals surface area contributed by atoms with Crippen LogP contribution in [0, 0.1) is 23.0 Å². The minimum absolute atomic E-state index is 0.00406. The third-order valence-electron chi connectivity index (χ3n) is 12.8. The number of hydrogen-bond donors (Lipinski definition) is 7. The fourth-order valence-electron chi connectivity index (χ4n) is 8.53. The van der Waals surface area contributed by atoms with Gasteiger partial charge in [0, 0.05) is 69.1 Å². The van der Waals surface area contributed by atoms with Crippen LogP contribution in [0.3, 0.4) is 0 Å². The Kier molecular flexibility index (Phi) is 29.4. The minimum atomic E-state index is -1.41. The third-order valence-corrected chi connectivity index (χ3v) is 12.8. The van der Waals surface area contributed by atoms with Crippen molar-refractivity contribution >= 4 is 47.3 Å². The molecule has 1 heterocycles.